The number of ketones is 1. The van der Waals surface area contributed by atoms with Crippen molar-refractivity contribution < 1.29 is 43.1 Å². The fourth-order valence-electron chi connectivity index (χ4n) is 7.75. The number of allylic oxidation sites excluding steroid dienone is 3. The number of esters is 1. The Labute approximate surface area is 337 Å². The number of carbonyl (C=O) groups excluding carboxylic acids is 2. The van der Waals surface area contributed by atoms with Crippen LogP contribution in [0.4, 0.5) is 0 Å². The Morgan fingerprint density at radius 1 is 0.930 bits per heavy atom. The maximum atomic E-state index is 13.5. The van der Waals surface area contributed by atoms with Crippen molar-refractivity contribution in [3.63, 3.8) is 0 Å². The lowest BCUT2D eigenvalue weighted by molar-refractivity contribution is -0.304. The topological polar surface area (TPSA) is 140 Å². The number of aliphatic hydroxyl groups excluding tert-OH is 1. The second-order valence-corrected chi connectivity index (χ2v) is 15.7. The zero-order chi connectivity index (χ0) is 40.9. The normalized spacial score (nSPS) is 29.4. The van der Waals surface area contributed by atoms with E-state index in [1.807, 2.05) is 98.4 Å². The lowest BCUT2D eigenvalue weighted by Crippen LogP contribution is -2.59. The summed E-state index contributed by atoms with van der Waals surface area (Å²) in [5.74, 6) is 1.29. The van der Waals surface area contributed by atoms with Gasteiger partial charge in [0.05, 0.1) is 18.9 Å². The number of rotatable bonds is 12. The smallest absolute Gasteiger partial charge is 0.306 e. The molecule has 10 atom stereocenters. The first kappa shape index (κ1) is 43.9. The Hall–Kier alpha value is -4.20. The number of nitrogens with zero attached hydrogens (tertiary/aromatic N) is 3. The monoisotopic (exact) mass is 787 g/mol. The molecule has 0 amide bonds. The number of aliphatic hydroxyl groups is 1. The molecule has 0 aliphatic carbocycles. The average Bonchev–Trinajstić information content (AvgIpc) is 3.69. The van der Waals surface area contributed by atoms with Gasteiger partial charge in [-0.1, -0.05) is 61.9 Å². The predicted octanol–water partition coefficient (Wildman–Crippen LogP) is 7.75. The summed E-state index contributed by atoms with van der Waals surface area (Å²) < 4.78 is 37.4. The van der Waals surface area contributed by atoms with Crippen LogP contribution >= 0.6 is 0 Å². The van der Waals surface area contributed by atoms with Gasteiger partial charge >= 0.3 is 5.97 Å². The molecule has 2 aliphatic heterocycles. The number of aromatic nitrogens is 3. The predicted molar refractivity (Wildman–Crippen MR) is 216 cm³/mol. The number of aryl methyl sites for hydroxylation is 1. The molecule has 2 aromatic carbocycles. The number of hydrogen-bond donors (Lipinski definition) is 1. The molecule has 0 saturated carbocycles. The molecule has 3 heterocycles. The summed E-state index contributed by atoms with van der Waals surface area (Å²) in [5.41, 5.74) is 2.57. The molecule has 310 valence electrons. The first-order valence-corrected chi connectivity index (χ1v) is 20.3. The first-order chi connectivity index (χ1) is 27.5. The van der Waals surface area contributed by atoms with Crippen LogP contribution in [0.15, 0.2) is 84.6 Å². The number of para-hydroxylation sites is 1. The molecule has 0 radical (unpaired) electrons. The zero-order valence-electron chi connectivity index (χ0n) is 34.5. The largest absolute Gasteiger partial charge is 0.462 e. The molecule has 12 heteroatoms. The fourth-order valence-corrected chi connectivity index (χ4v) is 7.75. The van der Waals surface area contributed by atoms with Crippen molar-refractivity contribution in [2.45, 2.75) is 116 Å². The second-order valence-electron chi connectivity index (χ2n) is 15.7. The number of cyclic esters (lactones) is 1. The summed E-state index contributed by atoms with van der Waals surface area (Å²) in [6.07, 6.45) is 7.36. The van der Waals surface area contributed by atoms with Gasteiger partial charge in [0, 0.05) is 44.6 Å². The van der Waals surface area contributed by atoms with Gasteiger partial charge in [0.1, 0.15) is 41.6 Å². The number of ether oxygens (including phenoxy) is 6. The van der Waals surface area contributed by atoms with Crippen molar-refractivity contribution >= 4 is 11.8 Å². The zero-order valence-corrected chi connectivity index (χ0v) is 34.5. The van der Waals surface area contributed by atoms with Crippen LogP contribution in [0, 0.1) is 23.7 Å². The van der Waals surface area contributed by atoms with E-state index in [1.54, 1.807) is 13.0 Å². The van der Waals surface area contributed by atoms with Crippen LogP contribution in [0.2, 0.25) is 0 Å². The summed E-state index contributed by atoms with van der Waals surface area (Å²) in [6.45, 7) is 10.6. The highest BCUT2D eigenvalue weighted by atomic mass is 16.7. The van der Waals surface area contributed by atoms with E-state index in [2.05, 4.69) is 17.2 Å². The Balaban J connectivity index is 1.24. The van der Waals surface area contributed by atoms with Gasteiger partial charge in [-0.3, -0.25) is 14.3 Å². The van der Waals surface area contributed by atoms with Crippen LogP contribution < -0.4 is 4.74 Å². The molecule has 10 unspecified atom stereocenters. The van der Waals surface area contributed by atoms with Crippen molar-refractivity contribution in [2.75, 3.05) is 20.8 Å². The first-order valence-electron chi connectivity index (χ1n) is 20.3. The number of methoxy groups -OCH3 is 2. The van der Waals surface area contributed by atoms with Crippen molar-refractivity contribution in [1.29, 1.82) is 0 Å². The highest BCUT2D eigenvalue weighted by molar-refractivity contribution is 5.91. The van der Waals surface area contributed by atoms with Crippen LogP contribution in [-0.2, 0) is 39.8 Å². The Morgan fingerprint density at radius 3 is 2.35 bits per heavy atom. The minimum Gasteiger partial charge on any atom is -0.462 e. The maximum absolute atomic E-state index is 13.5. The van der Waals surface area contributed by atoms with Crippen molar-refractivity contribution in [3.05, 3.63) is 84.6 Å². The highest BCUT2D eigenvalue weighted by Crippen LogP contribution is 2.31. The van der Waals surface area contributed by atoms with Gasteiger partial charge in [0.2, 0.25) is 0 Å². The van der Waals surface area contributed by atoms with Gasteiger partial charge in [-0.05, 0) is 100 Å². The standard InChI is InChI=1S/C45H61N3O9/c1-8-40-35(28-54-45-44(53-7)43(52-6)42(51)32(5)55-45)25-30(3)14-20-39(49)31(4)26-33(24-29(2)15-21-41(50)57-40)22-23-48-27-38(46-47-48)34-16-18-37(19-17-34)56-36-12-10-9-11-13-36/h9-14,16-20,25,27,29,31-33,35,40,42-45,51H,8,15,21-24,26,28H2,1-7H3. The van der Waals surface area contributed by atoms with Gasteiger partial charge in [-0.25, -0.2) is 0 Å². The van der Waals surface area contributed by atoms with Gasteiger partial charge in [-0.15, -0.1) is 5.10 Å². The van der Waals surface area contributed by atoms with Crippen molar-refractivity contribution in [3.8, 4) is 22.8 Å². The summed E-state index contributed by atoms with van der Waals surface area (Å²) in [5, 5.41) is 19.4. The van der Waals surface area contributed by atoms with Crippen LogP contribution in [-0.4, -0.2) is 89.5 Å². The SMILES string of the molecule is CCC1OC(=O)CCC(C)CC(CCn2cc(-c3ccc(Oc4ccccc4)cc3)nn2)CC(C)C(=O)C=CC(C)=CC1COC1OC(C)C(O)C(OC)C1OC. The van der Waals surface area contributed by atoms with Crippen LogP contribution in [0.1, 0.15) is 73.1 Å². The van der Waals surface area contributed by atoms with E-state index in [9.17, 15) is 14.7 Å². The fraction of sp³-hybridized carbons (Fsp3) is 0.556. The molecule has 1 N–H and O–H groups in total. The third-order valence-electron chi connectivity index (χ3n) is 11.1. The third-order valence-corrected chi connectivity index (χ3v) is 11.1. The van der Waals surface area contributed by atoms with E-state index >= 15 is 0 Å². The molecule has 0 bridgehead atoms. The van der Waals surface area contributed by atoms with Crippen LogP contribution in [0.3, 0.4) is 0 Å². The summed E-state index contributed by atoms with van der Waals surface area (Å²) in [4.78, 5) is 26.8. The van der Waals surface area contributed by atoms with Gasteiger partial charge in [0.15, 0.2) is 12.1 Å². The van der Waals surface area contributed by atoms with Crippen LogP contribution in [0.25, 0.3) is 11.3 Å². The van der Waals surface area contributed by atoms with Gasteiger partial charge in [0.25, 0.3) is 0 Å². The summed E-state index contributed by atoms with van der Waals surface area (Å²) in [6, 6.07) is 17.5. The molecule has 12 nitrogen and oxygen atoms in total. The van der Waals surface area contributed by atoms with E-state index in [1.165, 1.54) is 14.2 Å². The Kier molecular flexibility index (Phi) is 16.6. The molecular formula is C45H61N3O9. The Morgan fingerprint density at radius 2 is 1.65 bits per heavy atom. The average molecular weight is 788 g/mol. The van der Waals surface area contributed by atoms with Crippen molar-refractivity contribution in [1.82, 2.24) is 15.0 Å². The van der Waals surface area contributed by atoms with E-state index in [0.29, 0.717) is 25.8 Å². The minimum atomic E-state index is -0.879. The highest BCUT2D eigenvalue weighted by Gasteiger charge is 2.45. The summed E-state index contributed by atoms with van der Waals surface area (Å²) in [7, 11) is 3.04. The summed E-state index contributed by atoms with van der Waals surface area (Å²) >= 11 is 0. The van der Waals surface area contributed by atoms with Crippen molar-refractivity contribution in [2.24, 2.45) is 23.7 Å². The number of hydrogen-bond acceptors (Lipinski definition) is 11. The molecule has 1 aromatic heterocycles. The molecular weight excluding hydrogens is 727 g/mol. The molecule has 1 fully saturated rings. The van der Waals surface area contributed by atoms with Gasteiger partial charge < -0.3 is 33.5 Å². The second kappa shape index (κ2) is 21.5. The maximum Gasteiger partial charge on any atom is 0.306 e. The molecule has 2 aliphatic rings. The molecule has 0 spiro atoms. The van der Waals surface area contributed by atoms with Crippen LogP contribution in [0.5, 0.6) is 11.5 Å². The van der Waals surface area contributed by atoms with E-state index in [-0.39, 0.29) is 42.0 Å². The lowest BCUT2D eigenvalue weighted by Gasteiger charge is -2.42. The number of benzene rings is 2. The van der Waals surface area contributed by atoms with E-state index in [4.69, 9.17) is 28.4 Å². The quantitative estimate of drug-likeness (QED) is 0.180. The molecule has 57 heavy (non-hydrogen) atoms. The minimum absolute atomic E-state index is 0.0678. The molecule has 5 rings (SSSR count). The third kappa shape index (κ3) is 12.6. The van der Waals surface area contributed by atoms with Gasteiger partial charge in [-0.2, -0.15) is 0 Å². The number of carbonyl (C=O) groups is 2. The lowest BCUT2D eigenvalue weighted by atomic mass is 9.83. The Bertz CT molecular complexity index is 1760. The van der Waals surface area contributed by atoms with E-state index < -0.39 is 36.8 Å². The molecule has 3 aromatic rings. The molecule has 1 saturated heterocycles. The van der Waals surface area contributed by atoms with E-state index in [0.717, 1.165) is 47.6 Å².